The Morgan fingerprint density at radius 2 is 1.52 bits per heavy atom. The second-order valence-electron chi connectivity index (χ2n) is 7.17. The Labute approximate surface area is 182 Å². The average molecular weight is 421 g/mol. The van der Waals surface area contributed by atoms with Crippen molar-refractivity contribution in [3.8, 4) is 11.5 Å². The molecule has 162 valence electrons. The van der Waals surface area contributed by atoms with Crippen molar-refractivity contribution in [2.75, 3.05) is 13.2 Å². The number of rotatable bonds is 10. The summed E-state index contributed by atoms with van der Waals surface area (Å²) in [5.41, 5.74) is 5.18. The van der Waals surface area contributed by atoms with E-state index in [4.69, 9.17) is 9.47 Å². The number of hydrazine groups is 1. The van der Waals surface area contributed by atoms with Gasteiger partial charge in [-0.1, -0.05) is 74.7 Å². The van der Waals surface area contributed by atoms with Crippen LogP contribution in [0.15, 0.2) is 66.7 Å². The zero-order valence-corrected chi connectivity index (χ0v) is 17.7. The second kappa shape index (κ2) is 11.6. The molecule has 0 spiro atoms. The number of nitrogens with one attached hydrogen (secondary N) is 2. The van der Waals surface area contributed by atoms with Gasteiger partial charge in [0, 0.05) is 5.39 Å². The van der Waals surface area contributed by atoms with E-state index >= 15 is 0 Å². The van der Waals surface area contributed by atoms with Gasteiger partial charge in [-0.05, 0) is 30.0 Å². The van der Waals surface area contributed by atoms with Crippen LogP contribution < -0.4 is 20.3 Å². The topological polar surface area (TPSA) is 76.7 Å². The third-order valence-electron chi connectivity index (χ3n) is 4.81. The first-order chi connectivity index (χ1) is 15.2. The lowest BCUT2D eigenvalue weighted by molar-refractivity contribution is -0.123. The van der Waals surface area contributed by atoms with Crippen LogP contribution >= 0.6 is 0 Å². The minimum absolute atomic E-state index is 0.218. The maximum Gasteiger partial charge on any atom is 0.276 e. The molecule has 6 heteroatoms. The van der Waals surface area contributed by atoms with Crippen LogP contribution in [0.2, 0.25) is 0 Å². The van der Waals surface area contributed by atoms with E-state index in [2.05, 4.69) is 17.8 Å². The molecule has 0 radical (unpaired) electrons. The van der Waals surface area contributed by atoms with E-state index in [1.54, 1.807) is 18.2 Å². The first kappa shape index (κ1) is 22.2. The molecule has 0 atom stereocenters. The third-order valence-corrected chi connectivity index (χ3v) is 4.81. The van der Waals surface area contributed by atoms with E-state index < -0.39 is 11.8 Å². The number of hydrogen-bond donors (Lipinski definition) is 2. The first-order valence-corrected chi connectivity index (χ1v) is 10.6. The highest BCUT2D eigenvalue weighted by molar-refractivity contribution is 5.98. The molecule has 0 aliphatic carbocycles. The van der Waals surface area contributed by atoms with Crippen LogP contribution in [0, 0.1) is 0 Å². The van der Waals surface area contributed by atoms with Crippen molar-refractivity contribution in [2.45, 2.75) is 32.6 Å². The molecule has 0 aliphatic heterocycles. The Hall–Kier alpha value is -3.54. The fourth-order valence-corrected chi connectivity index (χ4v) is 3.19. The van der Waals surface area contributed by atoms with E-state index in [1.165, 1.54) is 6.42 Å². The van der Waals surface area contributed by atoms with Gasteiger partial charge in [0.1, 0.15) is 11.5 Å². The van der Waals surface area contributed by atoms with Crippen LogP contribution in [0.3, 0.4) is 0 Å². The predicted molar refractivity (Wildman–Crippen MR) is 121 cm³/mol. The number of carbonyl (C=O) groups is 2. The maximum absolute atomic E-state index is 12.5. The average Bonchev–Trinajstić information content (AvgIpc) is 2.81. The highest BCUT2D eigenvalue weighted by Gasteiger charge is 2.13. The summed E-state index contributed by atoms with van der Waals surface area (Å²) in [6.07, 6.45) is 4.35. The summed E-state index contributed by atoms with van der Waals surface area (Å²) in [5, 5.41) is 1.95. The Morgan fingerprint density at radius 3 is 2.39 bits per heavy atom. The van der Waals surface area contributed by atoms with E-state index in [-0.39, 0.29) is 6.61 Å². The van der Waals surface area contributed by atoms with E-state index in [0.717, 1.165) is 30.0 Å². The lowest BCUT2D eigenvalue weighted by atomic mass is 10.1. The van der Waals surface area contributed by atoms with E-state index in [1.807, 2.05) is 48.5 Å². The van der Waals surface area contributed by atoms with Gasteiger partial charge in [-0.2, -0.15) is 0 Å². The quantitative estimate of drug-likeness (QED) is 0.370. The Kier molecular flexibility index (Phi) is 8.29. The van der Waals surface area contributed by atoms with Crippen molar-refractivity contribution in [3.05, 3.63) is 72.3 Å². The molecule has 0 fully saturated rings. The molecule has 0 saturated heterocycles. The molecular formula is C25H28N2O4. The number of ether oxygens (including phenoxy) is 2. The van der Waals surface area contributed by atoms with Gasteiger partial charge < -0.3 is 9.47 Å². The lowest BCUT2D eigenvalue weighted by Crippen LogP contribution is -2.43. The SMILES string of the molecule is CCCCCCOc1ccccc1C(=O)NNC(=O)COc1cccc2ccccc12. The van der Waals surface area contributed by atoms with Gasteiger partial charge in [-0.3, -0.25) is 20.4 Å². The predicted octanol–water partition coefficient (Wildman–Crippen LogP) is 4.64. The number of hydrogen-bond acceptors (Lipinski definition) is 4. The second-order valence-corrected chi connectivity index (χ2v) is 7.17. The molecule has 3 aromatic carbocycles. The minimum Gasteiger partial charge on any atom is -0.493 e. The van der Waals surface area contributed by atoms with Crippen molar-refractivity contribution in [3.63, 3.8) is 0 Å². The highest BCUT2D eigenvalue weighted by Crippen LogP contribution is 2.25. The summed E-state index contributed by atoms with van der Waals surface area (Å²) >= 11 is 0. The van der Waals surface area contributed by atoms with Gasteiger partial charge in [0.2, 0.25) is 0 Å². The standard InChI is InChI=1S/C25H28N2O4/c1-2-3-4-9-17-30-23-15-8-7-14-21(23)25(29)27-26-24(28)18-31-22-16-10-12-19-11-5-6-13-20(19)22/h5-8,10-16H,2-4,9,17-18H2,1H3,(H,26,28)(H,27,29). The maximum atomic E-state index is 12.5. The number of carbonyl (C=O) groups excluding carboxylic acids is 2. The smallest absolute Gasteiger partial charge is 0.276 e. The van der Waals surface area contributed by atoms with Crippen molar-refractivity contribution in [1.29, 1.82) is 0 Å². The fraction of sp³-hybridized carbons (Fsp3) is 0.280. The van der Waals surface area contributed by atoms with Crippen molar-refractivity contribution < 1.29 is 19.1 Å². The number of amides is 2. The molecular weight excluding hydrogens is 392 g/mol. The summed E-state index contributed by atoms with van der Waals surface area (Å²) in [6, 6.07) is 20.4. The summed E-state index contributed by atoms with van der Waals surface area (Å²) in [7, 11) is 0. The van der Waals surface area contributed by atoms with Crippen LogP contribution in [0.5, 0.6) is 11.5 Å². The number of para-hydroxylation sites is 1. The molecule has 0 bridgehead atoms. The van der Waals surface area contributed by atoms with Crippen LogP contribution in [0.25, 0.3) is 10.8 Å². The Balaban J connectivity index is 1.49. The lowest BCUT2D eigenvalue weighted by Gasteiger charge is -2.13. The number of fused-ring (bicyclic) bond motifs is 1. The monoisotopic (exact) mass is 420 g/mol. The van der Waals surface area contributed by atoms with Crippen molar-refractivity contribution in [1.82, 2.24) is 10.9 Å². The summed E-state index contributed by atoms with van der Waals surface area (Å²) in [4.78, 5) is 24.7. The fourth-order valence-electron chi connectivity index (χ4n) is 3.19. The van der Waals surface area contributed by atoms with Crippen LogP contribution in [-0.4, -0.2) is 25.0 Å². The van der Waals surface area contributed by atoms with Gasteiger partial charge in [0.15, 0.2) is 6.61 Å². The Bertz CT molecular complexity index is 1010. The molecule has 3 rings (SSSR count). The normalized spacial score (nSPS) is 10.5. The molecule has 2 N–H and O–H groups in total. The summed E-state index contributed by atoms with van der Waals surface area (Å²) < 4.78 is 11.4. The van der Waals surface area contributed by atoms with Crippen molar-refractivity contribution in [2.24, 2.45) is 0 Å². The van der Waals surface area contributed by atoms with Gasteiger partial charge in [-0.25, -0.2) is 0 Å². The highest BCUT2D eigenvalue weighted by atomic mass is 16.5. The molecule has 2 amide bonds. The van der Waals surface area contributed by atoms with E-state index in [9.17, 15) is 9.59 Å². The molecule has 0 aromatic heterocycles. The van der Waals surface area contributed by atoms with Gasteiger partial charge >= 0.3 is 0 Å². The molecule has 31 heavy (non-hydrogen) atoms. The summed E-state index contributed by atoms with van der Waals surface area (Å²) in [6.45, 7) is 2.49. The molecule has 0 aliphatic rings. The van der Waals surface area contributed by atoms with Gasteiger partial charge in [-0.15, -0.1) is 0 Å². The first-order valence-electron chi connectivity index (χ1n) is 10.6. The van der Waals surface area contributed by atoms with E-state index in [0.29, 0.717) is 23.7 Å². The molecule has 3 aromatic rings. The van der Waals surface area contributed by atoms with Crippen molar-refractivity contribution >= 4 is 22.6 Å². The number of benzene rings is 3. The molecule has 0 heterocycles. The van der Waals surface area contributed by atoms with Crippen LogP contribution in [0.4, 0.5) is 0 Å². The molecule has 0 saturated carbocycles. The van der Waals surface area contributed by atoms with Crippen LogP contribution in [0.1, 0.15) is 43.0 Å². The van der Waals surface area contributed by atoms with Gasteiger partial charge in [0.25, 0.3) is 11.8 Å². The Morgan fingerprint density at radius 1 is 0.774 bits per heavy atom. The largest absolute Gasteiger partial charge is 0.493 e. The minimum atomic E-state index is -0.459. The van der Waals surface area contributed by atoms with Gasteiger partial charge in [0.05, 0.1) is 12.2 Å². The zero-order valence-electron chi connectivity index (χ0n) is 17.7. The molecule has 0 unspecified atom stereocenters. The summed E-state index contributed by atoms with van der Waals surface area (Å²) in [5.74, 6) is 0.209. The number of unbranched alkanes of at least 4 members (excludes halogenated alkanes) is 3. The zero-order chi connectivity index (χ0) is 21.9. The van der Waals surface area contributed by atoms with Crippen LogP contribution in [-0.2, 0) is 4.79 Å². The third kappa shape index (κ3) is 6.47. The molecule has 6 nitrogen and oxygen atoms in total.